The van der Waals surface area contributed by atoms with Gasteiger partial charge in [0.1, 0.15) is 10.8 Å². The van der Waals surface area contributed by atoms with Crippen LogP contribution in [0.15, 0.2) is 6.07 Å². The second-order valence-electron chi connectivity index (χ2n) is 3.74. The monoisotopic (exact) mass is 221 g/mol. The minimum atomic E-state index is 0.424. The smallest absolute Gasteiger partial charge is 0.136 e. The highest BCUT2D eigenvalue weighted by Gasteiger charge is 2.16. The molecule has 0 aliphatic heterocycles. The summed E-state index contributed by atoms with van der Waals surface area (Å²) in [7, 11) is 0. The van der Waals surface area contributed by atoms with Crippen LogP contribution in [0.2, 0.25) is 0 Å². The zero-order valence-electron chi connectivity index (χ0n) is 8.84. The maximum Gasteiger partial charge on any atom is 0.136 e. The van der Waals surface area contributed by atoms with E-state index in [1.165, 1.54) is 17.7 Å². The molecule has 0 bridgehead atoms. The molecule has 2 rings (SSSR count). The molecule has 0 radical (unpaired) electrons. The maximum absolute atomic E-state index is 5.69. The van der Waals surface area contributed by atoms with Crippen molar-refractivity contribution in [2.45, 2.75) is 26.2 Å². The van der Waals surface area contributed by atoms with Gasteiger partial charge in [-0.3, -0.25) is 0 Å². The first-order valence-electron chi connectivity index (χ1n) is 5.29. The summed E-state index contributed by atoms with van der Waals surface area (Å²) in [6.45, 7) is 2.87. The highest BCUT2D eigenvalue weighted by atomic mass is 32.1. The number of pyridine rings is 1. The molecular formula is C11H15N3S. The Hall–Kier alpha value is -1.16. The number of thiocarbonyl (C=S) groups is 1. The van der Waals surface area contributed by atoms with Crippen molar-refractivity contribution in [3.05, 3.63) is 22.9 Å². The fourth-order valence-corrected chi connectivity index (χ4v) is 2.12. The van der Waals surface area contributed by atoms with Gasteiger partial charge in [0.05, 0.1) is 5.56 Å². The summed E-state index contributed by atoms with van der Waals surface area (Å²) in [6, 6.07) is 2.09. The lowest BCUT2D eigenvalue weighted by atomic mass is 10.1. The molecule has 0 spiro atoms. The Bertz CT molecular complexity index is 401. The van der Waals surface area contributed by atoms with Crippen molar-refractivity contribution < 1.29 is 0 Å². The number of nitrogens with two attached hydrogens (primary N) is 1. The van der Waals surface area contributed by atoms with Gasteiger partial charge in [0.2, 0.25) is 0 Å². The maximum atomic E-state index is 5.69. The van der Waals surface area contributed by atoms with Gasteiger partial charge in [-0.15, -0.1) is 0 Å². The molecule has 80 valence electrons. The Balaban J connectivity index is 2.47. The Morgan fingerprint density at radius 3 is 3.07 bits per heavy atom. The molecule has 0 saturated heterocycles. The number of nitrogens with one attached hydrogen (secondary N) is 1. The molecule has 0 aromatic carbocycles. The van der Waals surface area contributed by atoms with Crippen LogP contribution in [0.25, 0.3) is 0 Å². The number of anilines is 1. The zero-order valence-corrected chi connectivity index (χ0v) is 9.66. The van der Waals surface area contributed by atoms with Crippen molar-refractivity contribution >= 4 is 23.0 Å². The Labute approximate surface area is 95.1 Å². The van der Waals surface area contributed by atoms with Gasteiger partial charge in [0.15, 0.2) is 0 Å². The van der Waals surface area contributed by atoms with Crippen LogP contribution in [-0.2, 0) is 12.8 Å². The number of fused-ring (bicyclic) bond motifs is 1. The lowest BCUT2D eigenvalue weighted by molar-refractivity contribution is 0.899. The number of aryl methyl sites for hydroxylation is 2. The highest BCUT2D eigenvalue weighted by molar-refractivity contribution is 7.80. The summed E-state index contributed by atoms with van der Waals surface area (Å²) in [5.41, 5.74) is 9.08. The van der Waals surface area contributed by atoms with E-state index in [4.69, 9.17) is 18.0 Å². The van der Waals surface area contributed by atoms with Crippen LogP contribution in [0.1, 0.15) is 30.2 Å². The first-order valence-corrected chi connectivity index (χ1v) is 5.69. The molecule has 3 nitrogen and oxygen atoms in total. The number of nitrogens with zero attached hydrogens (tertiary/aromatic N) is 1. The fraction of sp³-hybridized carbons (Fsp3) is 0.455. The third kappa shape index (κ3) is 1.95. The van der Waals surface area contributed by atoms with E-state index in [0.29, 0.717) is 4.99 Å². The molecule has 0 atom stereocenters. The van der Waals surface area contributed by atoms with Crippen LogP contribution in [0.5, 0.6) is 0 Å². The molecule has 1 aromatic heterocycles. The number of hydrogen-bond donors (Lipinski definition) is 2. The highest BCUT2D eigenvalue weighted by Crippen LogP contribution is 2.25. The Kier molecular flexibility index (Phi) is 2.86. The average molecular weight is 221 g/mol. The van der Waals surface area contributed by atoms with E-state index in [9.17, 15) is 0 Å². The lowest BCUT2D eigenvalue weighted by Gasteiger charge is -2.11. The summed E-state index contributed by atoms with van der Waals surface area (Å²) in [6.07, 6.45) is 3.37. The van der Waals surface area contributed by atoms with Crippen LogP contribution in [0.3, 0.4) is 0 Å². The molecule has 0 fully saturated rings. The summed E-state index contributed by atoms with van der Waals surface area (Å²) in [4.78, 5) is 5.01. The molecule has 1 heterocycles. The van der Waals surface area contributed by atoms with Gasteiger partial charge in [-0.25, -0.2) is 4.98 Å². The molecular weight excluding hydrogens is 206 g/mol. The van der Waals surface area contributed by atoms with Crippen molar-refractivity contribution in [3.8, 4) is 0 Å². The zero-order chi connectivity index (χ0) is 10.8. The van der Waals surface area contributed by atoms with Crippen LogP contribution >= 0.6 is 12.2 Å². The van der Waals surface area contributed by atoms with Gasteiger partial charge in [-0.2, -0.15) is 0 Å². The quantitative estimate of drug-likeness (QED) is 0.762. The average Bonchev–Trinajstić information content (AvgIpc) is 2.63. The predicted octanol–water partition coefficient (Wildman–Crippen LogP) is 1.64. The molecule has 1 aromatic rings. The predicted molar refractivity (Wildman–Crippen MR) is 66.3 cm³/mol. The third-order valence-corrected chi connectivity index (χ3v) is 2.88. The van der Waals surface area contributed by atoms with Crippen molar-refractivity contribution in [2.24, 2.45) is 5.73 Å². The summed E-state index contributed by atoms with van der Waals surface area (Å²) in [5, 5.41) is 3.21. The van der Waals surface area contributed by atoms with E-state index in [0.717, 1.165) is 30.8 Å². The normalized spacial score (nSPS) is 13.7. The molecule has 4 heteroatoms. The second kappa shape index (κ2) is 4.14. The number of rotatable bonds is 3. The van der Waals surface area contributed by atoms with Crippen LogP contribution < -0.4 is 11.1 Å². The Morgan fingerprint density at radius 1 is 1.60 bits per heavy atom. The van der Waals surface area contributed by atoms with Gasteiger partial charge < -0.3 is 11.1 Å². The SMILES string of the molecule is CCNc1nc2c(cc1C(N)=S)CCC2. The van der Waals surface area contributed by atoms with Crippen LogP contribution in [0.4, 0.5) is 5.82 Å². The summed E-state index contributed by atoms with van der Waals surface area (Å²) < 4.78 is 0. The van der Waals surface area contributed by atoms with Crippen LogP contribution in [-0.4, -0.2) is 16.5 Å². The molecule has 1 aliphatic carbocycles. The van der Waals surface area contributed by atoms with E-state index in [2.05, 4.69) is 16.4 Å². The first kappa shape index (κ1) is 10.4. The fourth-order valence-electron chi connectivity index (χ4n) is 1.96. The largest absolute Gasteiger partial charge is 0.389 e. The van der Waals surface area contributed by atoms with Crippen LogP contribution in [0, 0.1) is 0 Å². The molecule has 0 amide bonds. The van der Waals surface area contributed by atoms with E-state index in [-0.39, 0.29) is 0 Å². The third-order valence-electron chi connectivity index (χ3n) is 2.66. The minimum absolute atomic E-state index is 0.424. The van der Waals surface area contributed by atoms with Gasteiger partial charge in [0, 0.05) is 12.2 Å². The Morgan fingerprint density at radius 2 is 2.40 bits per heavy atom. The molecule has 0 saturated carbocycles. The van der Waals surface area contributed by atoms with Crippen molar-refractivity contribution in [1.29, 1.82) is 0 Å². The van der Waals surface area contributed by atoms with Crippen molar-refractivity contribution in [3.63, 3.8) is 0 Å². The molecule has 0 unspecified atom stereocenters. The minimum Gasteiger partial charge on any atom is -0.389 e. The molecule has 15 heavy (non-hydrogen) atoms. The van der Waals surface area contributed by atoms with E-state index >= 15 is 0 Å². The summed E-state index contributed by atoms with van der Waals surface area (Å²) in [5.74, 6) is 0.839. The van der Waals surface area contributed by atoms with Gasteiger partial charge in [-0.05, 0) is 37.8 Å². The number of hydrogen-bond acceptors (Lipinski definition) is 3. The van der Waals surface area contributed by atoms with Gasteiger partial charge in [-0.1, -0.05) is 12.2 Å². The van der Waals surface area contributed by atoms with E-state index < -0.39 is 0 Å². The second-order valence-corrected chi connectivity index (χ2v) is 4.18. The standard InChI is InChI=1S/C11H15N3S/c1-2-13-11-8(10(12)15)6-7-4-3-5-9(7)14-11/h6H,2-5H2,1H3,(H2,12,15)(H,13,14). The van der Waals surface area contributed by atoms with Crippen molar-refractivity contribution in [1.82, 2.24) is 4.98 Å². The van der Waals surface area contributed by atoms with E-state index in [1.807, 2.05) is 6.92 Å². The molecule has 3 N–H and O–H groups in total. The van der Waals surface area contributed by atoms with Gasteiger partial charge in [0.25, 0.3) is 0 Å². The topological polar surface area (TPSA) is 50.9 Å². The number of aromatic nitrogens is 1. The molecule has 1 aliphatic rings. The van der Waals surface area contributed by atoms with Crippen molar-refractivity contribution in [2.75, 3.05) is 11.9 Å². The lowest BCUT2D eigenvalue weighted by Crippen LogP contribution is -2.15. The van der Waals surface area contributed by atoms with E-state index in [1.54, 1.807) is 0 Å². The van der Waals surface area contributed by atoms with Gasteiger partial charge >= 0.3 is 0 Å². The first-order chi connectivity index (χ1) is 7.22. The summed E-state index contributed by atoms with van der Waals surface area (Å²) >= 11 is 5.03.